The highest BCUT2D eigenvalue weighted by molar-refractivity contribution is 5.84. The smallest absolute Gasteiger partial charge is 0.242 e. The minimum absolute atomic E-state index is 0.00995. The molecule has 0 unspecified atom stereocenters. The zero-order chi connectivity index (χ0) is 18.5. The van der Waals surface area contributed by atoms with E-state index in [-0.39, 0.29) is 12.5 Å². The maximum Gasteiger partial charge on any atom is 0.242 e. The van der Waals surface area contributed by atoms with Gasteiger partial charge in [0.1, 0.15) is 12.3 Å². The summed E-state index contributed by atoms with van der Waals surface area (Å²) in [7, 11) is 0. The molecule has 0 aliphatic carbocycles. The van der Waals surface area contributed by atoms with E-state index in [0.717, 1.165) is 25.7 Å². The largest absolute Gasteiger partial charge is 0.467 e. The number of aliphatic hydroxyl groups is 1. The van der Waals surface area contributed by atoms with Gasteiger partial charge in [-0.05, 0) is 31.9 Å². The van der Waals surface area contributed by atoms with Crippen LogP contribution in [0.25, 0.3) is 0 Å². The van der Waals surface area contributed by atoms with Gasteiger partial charge in [0.25, 0.3) is 0 Å². The molecular formula is C18H32N4O3. The Morgan fingerprint density at radius 3 is 2.48 bits per heavy atom. The first kappa shape index (κ1) is 21.0. The number of hydrogen-bond donors (Lipinski definition) is 4. The van der Waals surface area contributed by atoms with Crippen molar-refractivity contribution in [2.45, 2.75) is 58.6 Å². The number of guanidine groups is 1. The SMILES string of the molecule is CCCC(O)(CCC)CNC(=NCC(=O)NCc1ccco1)NCC. The first-order valence-electron chi connectivity index (χ1n) is 9.06. The topological polar surface area (TPSA) is 98.9 Å². The van der Waals surface area contributed by atoms with Gasteiger partial charge < -0.3 is 25.5 Å². The van der Waals surface area contributed by atoms with Crippen molar-refractivity contribution in [1.29, 1.82) is 0 Å². The lowest BCUT2D eigenvalue weighted by Crippen LogP contribution is -2.47. The zero-order valence-corrected chi connectivity index (χ0v) is 15.6. The van der Waals surface area contributed by atoms with Gasteiger partial charge in [0.15, 0.2) is 5.96 Å². The molecule has 142 valence electrons. The summed E-state index contributed by atoms with van der Waals surface area (Å²) in [6.07, 6.45) is 4.87. The minimum atomic E-state index is -0.749. The van der Waals surface area contributed by atoms with E-state index in [4.69, 9.17) is 4.42 Å². The summed E-state index contributed by atoms with van der Waals surface area (Å²) < 4.78 is 5.17. The quantitative estimate of drug-likeness (QED) is 0.359. The summed E-state index contributed by atoms with van der Waals surface area (Å²) in [6, 6.07) is 3.58. The van der Waals surface area contributed by atoms with E-state index >= 15 is 0 Å². The Kier molecular flexibility index (Phi) is 9.69. The van der Waals surface area contributed by atoms with Crippen LogP contribution in [-0.4, -0.2) is 42.2 Å². The molecule has 0 spiro atoms. The highest BCUT2D eigenvalue weighted by Gasteiger charge is 2.24. The van der Waals surface area contributed by atoms with Crippen LogP contribution >= 0.6 is 0 Å². The maximum absolute atomic E-state index is 11.9. The van der Waals surface area contributed by atoms with E-state index in [1.807, 2.05) is 6.92 Å². The standard InChI is InChI=1S/C18H32N4O3/c1-4-9-18(24,10-5-2)14-22-17(19-6-3)21-13-16(23)20-12-15-8-7-11-25-15/h7-8,11,24H,4-6,9-10,12-14H2,1-3H3,(H,20,23)(H2,19,21,22). The fourth-order valence-corrected chi connectivity index (χ4v) is 2.63. The highest BCUT2D eigenvalue weighted by Crippen LogP contribution is 2.18. The Labute approximate surface area is 150 Å². The lowest BCUT2D eigenvalue weighted by molar-refractivity contribution is -0.119. The van der Waals surface area contributed by atoms with Crippen LogP contribution in [0.15, 0.2) is 27.8 Å². The summed E-state index contributed by atoms with van der Waals surface area (Å²) in [6.45, 7) is 7.52. The molecule has 1 aromatic rings. The predicted molar refractivity (Wildman–Crippen MR) is 99.3 cm³/mol. The first-order valence-corrected chi connectivity index (χ1v) is 9.06. The van der Waals surface area contributed by atoms with Gasteiger partial charge in [-0.25, -0.2) is 4.99 Å². The molecule has 0 saturated carbocycles. The summed E-state index contributed by atoms with van der Waals surface area (Å²) >= 11 is 0. The first-order chi connectivity index (χ1) is 12.0. The van der Waals surface area contributed by atoms with Crippen LogP contribution in [-0.2, 0) is 11.3 Å². The second-order valence-electron chi connectivity index (χ2n) is 6.13. The summed E-state index contributed by atoms with van der Waals surface area (Å²) in [5.41, 5.74) is -0.749. The maximum atomic E-state index is 11.9. The number of furan rings is 1. The number of amides is 1. The molecule has 1 heterocycles. The van der Waals surface area contributed by atoms with E-state index in [1.54, 1.807) is 18.4 Å². The number of carbonyl (C=O) groups excluding carboxylic acids is 1. The van der Waals surface area contributed by atoms with Gasteiger partial charge in [-0.1, -0.05) is 26.7 Å². The fourth-order valence-electron chi connectivity index (χ4n) is 2.63. The Bertz CT molecular complexity index is 508. The lowest BCUT2D eigenvalue weighted by atomic mass is 9.93. The fraction of sp³-hybridized carbons (Fsp3) is 0.667. The van der Waals surface area contributed by atoms with Gasteiger partial charge in [0.05, 0.1) is 18.4 Å². The molecule has 0 atom stereocenters. The van der Waals surface area contributed by atoms with Crippen molar-refractivity contribution in [2.75, 3.05) is 19.6 Å². The summed E-state index contributed by atoms with van der Waals surface area (Å²) in [5.74, 6) is 1.04. The Morgan fingerprint density at radius 2 is 1.92 bits per heavy atom. The number of carbonyl (C=O) groups is 1. The molecule has 0 saturated heterocycles. The Balaban J connectivity index is 2.50. The molecule has 0 radical (unpaired) electrons. The zero-order valence-electron chi connectivity index (χ0n) is 15.6. The third-order valence-electron chi connectivity index (χ3n) is 3.78. The van der Waals surface area contributed by atoms with Crippen LogP contribution in [0, 0.1) is 0 Å². The van der Waals surface area contributed by atoms with Gasteiger partial charge in [-0.2, -0.15) is 0 Å². The van der Waals surface area contributed by atoms with Crippen LogP contribution < -0.4 is 16.0 Å². The predicted octanol–water partition coefficient (Wildman–Crippen LogP) is 1.78. The molecule has 25 heavy (non-hydrogen) atoms. The van der Waals surface area contributed by atoms with Crippen molar-refractivity contribution in [3.05, 3.63) is 24.2 Å². The van der Waals surface area contributed by atoms with E-state index in [2.05, 4.69) is 34.8 Å². The van der Waals surface area contributed by atoms with Gasteiger partial charge in [-0.3, -0.25) is 4.79 Å². The normalized spacial score (nSPS) is 12.1. The molecule has 0 aromatic carbocycles. The molecule has 7 heteroatoms. The highest BCUT2D eigenvalue weighted by atomic mass is 16.3. The van der Waals surface area contributed by atoms with E-state index < -0.39 is 5.60 Å². The van der Waals surface area contributed by atoms with Gasteiger partial charge in [0.2, 0.25) is 5.91 Å². The average molecular weight is 352 g/mol. The molecule has 1 amide bonds. The van der Waals surface area contributed by atoms with Crippen molar-refractivity contribution < 1.29 is 14.3 Å². The van der Waals surface area contributed by atoms with Crippen molar-refractivity contribution in [3.63, 3.8) is 0 Å². The number of aliphatic imine (C=N–C) groups is 1. The minimum Gasteiger partial charge on any atom is -0.467 e. The monoisotopic (exact) mass is 352 g/mol. The molecule has 0 aliphatic rings. The molecule has 1 rings (SSSR count). The number of nitrogens with one attached hydrogen (secondary N) is 3. The average Bonchev–Trinajstić information content (AvgIpc) is 3.09. The van der Waals surface area contributed by atoms with E-state index in [9.17, 15) is 9.90 Å². The van der Waals surface area contributed by atoms with Crippen molar-refractivity contribution in [3.8, 4) is 0 Å². The van der Waals surface area contributed by atoms with Crippen LogP contribution in [0.1, 0.15) is 52.2 Å². The molecule has 0 fully saturated rings. The summed E-state index contributed by atoms with van der Waals surface area (Å²) in [5, 5.41) is 19.7. The molecule has 1 aromatic heterocycles. The number of hydrogen-bond acceptors (Lipinski definition) is 4. The number of rotatable bonds is 11. The lowest BCUT2D eigenvalue weighted by Gasteiger charge is -2.28. The number of nitrogens with zero attached hydrogens (tertiary/aromatic N) is 1. The second kappa shape index (κ2) is 11.5. The van der Waals surface area contributed by atoms with Gasteiger partial charge >= 0.3 is 0 Å². The molecule has 4 N–H and O–H groups in total. The van der Waals surface area contributed by atoms with Gasteiger partial charge in [0, 0.05) is 13.1 Å². The van der Waals surface area contributed by atoms with Crippen LogP contribution in [0.2, 0.25) is 0 Å². The molecule has 0 aliphatic heterocycles. The molecular weight excluding hydrogens is 320 g/mol. The third kappa shape index (κ3) is 8.58. The van der Waals surface area contributed by atoms with E-state index in [1.165, 1.54) is 0 Å². The Hall–Kier alpha value is -2.02. The van der Waals surface area contributed by atoms with Crippen LogP contribution in [0.5, 0.6) is 0 Å². The third-order valence-corrected chi connectivity index (χ3v) is 3.78. The van der Waals surface area contributed by atoms with Crippen molar-refractivity contribution in [1.82, 2.24) is 16.0 Å². The van der Waals surface area contributed by atoms with Crippen LogP contribution in [0.4, 0.5) is 0 Å². The molecule has 0 bridgehead atoms. The second-order valence-corrected chi connectivity index (χ2v) is 6.13. The molecule has 7 nitrogen and oxygen atoms in total. The summed E-state index contributed by atoms with van der Waals surface area (Å²) in [4.78, 5) is 16.2. The van der Waals surface area contributed by atoms with Crippen molar-refractivity contribution >= 4 is 11.9 Å². The Morgan fingerprint density at radius 1 is 1.20 bits per heavy atom. The van der Waals surface area contributed by atoms with Crippen LogP contribution in [0.3, 0.4) is 0 Å². The van der Waals surface area contributed by atoms with E-state index in [0.29, 0.717) is 31.4 Å². The van der Waals surface area contributed by atoms with Gasteiger partial charge in [-0.15, -0.1) is 0 Å². The van der Waals surface area contributed by atoms with Crippen molar-refractivity contribution in [2.24, 2.45) is 4.99 Å².